The van der Waals surface area contributed by atoms with Gasteiger partial charge in [0, 0.05) is 56.6 Å². The molecule has 8 nitrogen and oxygen atoms in total. The molecule has 7 heterocycles. The van der Waals surface area contributed by atoms with Crippen LogP contribution in [0.4, 0.5) is 0 Å². The average molecular weight is 787 g/mol. The molecule has 10 rings (SSSR count). The molecule has 7 aromatic rings. The zero-order chi connectivity index (χ0) is 40.8. The summed E-state index contributed by atoms with van der Waals surface area (Å²) in [6.45, 7) is 10.1. The van der Waals surface area contributed by atoms with Crippen LogP contribution in [0.1, 0.15) is 73.5 Å². The molecule has 3 aliphatic heterocycles. The first kappa shape index (κ1) is 37.5. The van der Waals surface area contributed by atoms with Crippen molar-refractivity contribution < 1.29 is 9.47 Å². The number of hydrogen-bond acceptors (Lipinski definition) is 6. The highest BCUT2D eigenvalue weighted by Gasteiger charge is 2.31. The van der Waals surface area contributed by atoms with E-state index in [4.69, 9.17) is 29.4 Å². The topological polar surface area (TPSA) is 102 Å². The molecular formula is C52H46N6O2. The van der Waals surface area contributed by atoms with Crippen molar-refractivity contribution in [1.29, 1.82) is 0 Å². The minimum absolute atomic E-state index is 0.0221. The first-order chi connectivity index (χ1) is 29.4. The maximum absolute atomic E-state index is 6.38. The third kappa shape index (κ3) is 6.87. The lowest BCUT2D eigenvalue weighted by Gasteiger charge is -2.35. The Hall–Kier alpha value is -6.74. The fourth-order valence-electron chi connectivity index (χ4n) is 8.60. The molecular weight excluding hydrogens is 741 g/mol. The van der Waals surface area contributed by atoms with Crippen LogP contribution < -0.4 is 0 Å². The van der Waals surface area contributed by atoms with Crippen molar-refractivity contribution in [3.8, 4) is 44.8 Å². The molecule has 8 bridgehead atoms. The van der Waals surface area contributed by atoms with Gasteiger partial charge in [-0.15, -0.1) is 0 Å². The molecule has 1 saturated heterocycles. The summed E-state index contributed by atoms with van der Waals surface area (Å²) in [5, 5.41) is 0. The van der Waals surface area contributed by atoms with Gasteiger partial charge in [0.25, 0.3) is 0 Å². The van der Waals surface area contributed by atoms with E-state index in [0.717, 1.165) is 102 Å². The molecule has 0 amide bonds. The first-order valence-corrected chi connectivity index (χ1v) is 20.8. The molecule has 2 N–H and O–H groups in total. The van der Waals surface area contributed by atoms with Gasteiger partial charge >= 0.3 is 0 Å². The second-order valence-corrected chi connectivity index (χ2v) is 16.3. The molecule has 0 radical (unpaired) electrons. The highest BCUT2D eigenvalue weighted by atomic mass is 16.7. The van der Waals surface area contributed by atoms with Crippen LogP contribution in [0.25, 0.3) is 91.1 Å². The molecule has 8 heteroatoms. The van der Waals surface area contributed by atoms with Crippen LogP contribution in [-0.4, -0.2) is 43.1 Å². The van der Waals surface area contributed by atoms with Crippen LogP contribution in [0.3, 0.4) is 0 Å². The largest absolute Gasteiger partial charge is 0.354 e. The second kappa shape index (κ2) is 15.5. The Morgan fingerprint density at radius 3 is 1.53 bits per heavy atom. The van der Waals surface area contributed by atoms with Gasteiger partial charge in [-0.1, -0.05) is 94.4 Å². The standard InChI is InChI=1S/C52H46N6O2/c1-5-32-29-37(51-59-30-52(3,4)31-60-51)33(6-2)28-36(32)48-42-22-18-38(55-42)46(34-14-9-7-10-15-34)40-20-24-44(57-40)49(50-53-26-13-27-54-50)45-25-21-41(58-45)47(35-16-11-8-12-17-35)39-19-23-43(48)56-39/h7-29,51,55,58H,5-6,30-31H2,1-4H3. The van der Waals surface area contributed by atoms with Gasteiger partial charge < -0.3 is 19.4 Å². The van der Waals surface area contributed by atoms with Crippen molar-refractivity contribution in [1.82, 2.24) is 29.9 Å². The Balaban J connectivity index is 1.33. The smallest absolute Gasteiger partial charge is 0.184 e. The molecule has 0 spiro atoms. The summed E-state index contributed by atoms with van der Waals surface area (Å²) in [5.74, 6) is 0.587. The van der Waals surface area contributed by atoms with Crippen molar-refractivity contribution >= 4 is 46.4 Å². The Morgan fingerprint density at radius 2 is 1.02 bits per heavy atom. The Kier molecular flexibility index (Phi) is 9.67. The molecule has 0 unspecified atom stereocenters. The lowest BCUT2D eigenvalue weighted by Crippen LogP contribution is -2.34. The maximum Gasteiger partial charge on any atom is 0.184 e. The van der Waals surface area contributed by atoms with Gasteiger partial charge in [0.2, 0.25) is 0 Å². The van der Waals surface area contributed by atoms with Crippen molar-refractivity contribution in [2.45, 2.75) is 46.8 Å². The summed E-state index contributed by atoms with van der Waals surface area (Å²) in [7, 11) is 0. The fraction of sp³-hybridized carbons (Fsp3) is 0.192. The zero-order valence-electron chi connectivity index (χ0n) is 34.3. The number of H-pyrrole nitrogens is 2. The third-order valence-corrected chi connectivity index (χ3v) is 11.6. The van der Waals surface area contributed by atoms with E-state index in [2.05, 4.69) is 147 Å². The number of aryl methyl sites for hydroxylation is 2. The molecule has 60 heavy (non-hydrogen) atoms. The predicted octanol–water partition coefficient (Wildman–Crippen LogP) is 12.3. The predicted molar refractivity (Wildman–Crippen MR) is 243 cm³/mol. The minimum Gasteiger partial charge on any atom is -0.354 e. The lowest BCUT2D eigenvalue weighted by atomic mass is 9.89. The zero-order valence-corrected chi connectivity index (χ0v) is 34.3. The van der Waals surface area contributed by atoms with Crippen LogP contribution in [0.15, 0.2) is 116 Å². The summed E-state index contributed by atoms with van der Waals surface area (Å²) in [6.07, 6.45) is 13.2. The van der Waals surface area contributed by atoms with Crippen LogP contribution in [-0.2, 0) is 22.3 Å². The molecule has 3 aromatic carbocycles. The van der Waals surface area contributed by atoms with Crippen LogP contribution >= 0.6 is 0 Å². The molecule has 0 aliphatic carbocycles. The molecule has 4 aromatic heterocycles. The summed E-state index contributed by atoms with van der Waals surface area (Å²) in [5.41, 5.74) is 17.6. The number of nitrogens with one attached hydrogen (secondary N) is 2. The summed E-state index contributed by atoms with van der Waals surface area (Å²) >= 11 is 0. The third-order valence-electron chi connectivity index (χ3n) is 11.6. The van der Waals surface area contributed by atoms with Gasteiger partial charge in [0.1, 0.15) is 0 Å². The quantitative estimate of drug-likeness (QED) is 0.167. The Labute approximate surface area is 349 Å². The number of aromatic amines is 2. The number of ether oxygens (including phenoxy) is 2. The van der Waals surface area contributed by atoms with E-state index in [9.17, 15) is 0 Å². The Bertz CT molecular complexity index is 2930. The van der Waals surface area contributed by atoms with E-state index in [0.29, 0.717) is 19.0 Å². The number of hydrogen-bond donors (Lipinski definition) is 2. The van der Waals surface area contributed by atoms with E-state index in [1.54, 1.807) is 12.4 Å². The first-order valence-electron chi connectivity index (χ1n) is 20.8. The van der Waals surface area contributed by atoms with Crippen molar-refractivity contribution in [2.75, 3.05) is 13.2 Å². The normalized spacial score (nSPS) is 14.8. The van der Waals surface area contributed by atoms with Gasteiger partial charge in [-0.25, -0.2) is 19.9 Å². The highest BCUT2D eigenvalue weighted by Crippen LogP contribution is 2.41. The van der Waals surface area contributed by atoms with E-state index < -0.39 is 6.29 Å². The summed E-state index contributed by atoms with van der Waals surface area (Å²) in [4.78, 5) is 28.0. The lowest BCUT2D eigenvalue weighted by molar-refractivity contribution is -0.226. The second-order valence-electron chi connectivity index (χ2n) is 16.3. The SMILES string of the molecule is CCc1cc(C2OCC(C)(C)CO2)c(CC)cc1-c1c2nc(c(-c3ccccc3)c3ccc([nH]3)c(-c3ncccn3)c3nc(c(-c4ccccc4)c4ccc1[nH]4)C=C3)C=C2. The number of rotatable bonds is 7. The maximum atomic E-state index is 6.38. The summed E-state index contributed by atoms with van der Waals surface area (Å²) in [6, 6.07) is 36.0. The van der Waals surface area contributed by atoms with E-state index in [1.165, 1.54) is 11.1 Å². The average Bonchev–Trinajstić information content (AvgIpc) is 4.13. The monoisotopic (exact) mass is 786 g/mol. The number of fused-ring (bicyclic) bond motifs is 8. The van der Waals surface area contributed by atoms with Gasteiger partial charge in [-0.05, 0) is 101 Å². The molecule has 1 fully saturated rings. The number of nitrogens with zero attached hydrogens (tertiary/aromatic N) is 4. The number of aromatic nitrogens is 6. The number of benzene rings is 3. The van der Waals surface area contributed by atoms with Gasteiger partial charge in [-0.2, -0.15) is 0 Å². The van der Waals surface area contributed by atoms with Crippen molar-refractivity contribution in [3.63, 3.8) is 0 Å². The van der Waals surface area contributed by atoms with Gasteiger partial charge in [0.05, 0.1) is 47.1 Å². The Morgan fingerprint density at radius 1 is 0.550 bits per heavy atom. The van der Waals surface area contributed by atoms with Gasteiger partial charge in [-0.3, -0.25) is 0 Å². The molecule has 0 saturated carbocycles. The van der Waals surface area contributed by atoms with Crippen LogP contribution in [0, 0.1) is 5.41 Å². The van der Waals surface area contributed by atoms with E-state index >= 15 is 0 Å². The highest BCUT2D eigenvalue weighted by molar-refractivity contribution is 5.99. The van der Waals surface area contributed by atoms with E-state index in [-0.39, 0.29) is 5.41 Å². The minimum atomic E-state index is -0.403. The van der Waals surface area contributed by atoms with E-state index in [1.807, 2.05) is 18.2 Å². The fourth-order valence-corrected chi connectivity index (χ4v) is 8.60. The van der Waals surface area contributed by atoms with Crippen molar-refractivity contribution in [2.24, 2.45) is 5.41 Å². The molecule has 296 valence electrons. The van der Waals surface area contributed by atoms with Crippen LogP contribution in [0.5, 0.6) is 0 Å². The molecule has 3 aliphatic rings. The van der Waals surface area contributed by atoms with Crippen LogP contribution in [0.2, 0.25) is 0 Å². The summed E-state index contributed by atoms with van der Waals surface area (Å²) < 4.78 is 12.8. The van der Waals surface area contributed by atoms with Crippen molar-refractivity contribution in [3.05, 3.63) is 155 Å². The molecule has 0 atom stereocenters. The van der Waals surface area contributed by atoms with Gasteiger partial charge in [0.15, 0.2) is 12.1 Å².